The van der Waals surface area contributed by atoms with Gasteiger partial charge in [0, 0.05) is 24.1 Å². The molecule has 1 heterocycles. The van der Waals surface area contributed by atoms with Crippen LogP contribution in [0.3, 0.4) is 0 Å². The number of hydrogen-bond donors (Lipinski definition) is 0. The lowest BCUT2D eigenvalue weighted by atomic mass is 10.1. The van der Waals surface area contributed by atoms with Crippen molar-refractivity contribution >= 4 is 15.8 Å². The molecular weight excluding hydrogens is 464 g/mol. The molecule has 7 nitrogen and oxygen atoms in total. The van der Waals surface area contributed by atoms with Gasteiger partial charge >= 0.3 is 0 Å². The number of nitrogens with zero attached hydrogens (tertiary/aromatic N) is 2. The number of ether oxygens (including phenoxy) is 1. The molecule has 0 amide bonds. The van der Waals surface area contributed by atoms with Crippen LogP contribution in [0.1, 0.15) is 68.6 Å². The highest BCUT2D eigenvalue weighted by atomic mass is 32.2. The number of benzene rings is 2. The van der Waals surface area contributed by atoms with E-state index in [1.807, 2.05) is 29.3 Å². The van der Waals surface area contributed by atoms with E-state index in [9.17, 15) is 13.2 Å². The summed E-state index contributed by atoms with van der Waals surface area (Å²) in [5.41, 5.74) is 0.754. The molecule has 4 rings (SSSR count). The topological polar surface area (TPSA) is 76.2 Å². The molecule has 0 bridgehead atoms. The van der Waals surface area contributed by atoms with Crippen LogP contribution in [0.25, 0.3) is 0 Å². The summed E-state index contributed by atoms with van der Waals surface area (Å²) in [6.07, 6.45) is 7.14. The monoisotopic (exact) mass is 500 g/mol. The van der Waals surface area contributed by atoms with Gasteiger partial charge < -0.3 is 4.74 Å². The summed E-state index contributed by atoms with van der Waals surface area (Å²) in [6.45, 7) is 3.58. The molecule has 1 aliphatic heterocycles. The minimum absolute atomic E-state index is 0.0669. The predicted molar refractivity (Wildman–Crippen MR) is 134 cm³/mol. The van der Waals surface area contributed by atoms with E-state index in [0.29, 0.717) is 19.8 Å². The molecule has 0 aromatic heterocycles. The molecule has 35 heavy (non-hydrogen) atoms. The Kier molecular flexibility index (Phi) is 8.94. The molecule has 190 valence electrons. The van der Waals surface area contributed by atoms with Gasteiger partial charge in [-0.25, -0.2) is 13.4 Å². The minimum atomic E-state index is -3.81. The van der Waals surface area contributed by atoms with E-state index >= 15 is 0 Å². The van der Waals surface area contributed by atoms with Crippen LogP contribution >= 0.6 is 0 Å². The SMILES string of the molecule is CCCCON(N1CCC[C@@H]1CCCOc1ccc(C(=O)C2CC2)cc1)S(=O)(=O)c1ccccc1. The summed E-state index contributed by atoms with van der Waals surface area (Å²) >= 11 is 0. The summed E-state index contributed by atoms with van der Waals surface area (Å²) < 4.78 is 33.9. The molecule has 2 aromatic carbocycles. The molecule has 1 aliphatic carbocycles. The van der Waals surface area contributed by atoms with E-state index < -0.39 is 10.0 Å². The standard InChI is InChI=1S/C27H36N2O5S/c1-2-3-21-34-29(35(31,32)26-11-5-4-6-12-26)28-19-7-9-24(28)10-8-20-33-25-17-15-23(16-18-25)27(30)22-13-14-22/h4-6,11-12,15-18,22,24H,2-3,7-10,13-14,19-21H2,1H3/t24-/m1/s1. The lowest BCUT2D eigenvalue weighted by Crippen LogP contribution is -2.49. The van der Waals surface area contributed by atoms with Crippen LogP contribution < -0.4 is 4.74 Å². The summed E-state index contributed by atoms with van der Waals surface area (Å²) in [4.78, 5) is 18.2. The Bertz CT molecular complexity index is 1050. The third-order valence-electron chi connectivity index (χ3n) is 6.54. The van der Waals surface area contributed by atoms with E-state index in [1.54, 1.807) is 30.3 Å². The van der Waals surface area contributed by atoms with Crippen molar-refractivity contribution < 1.29 is 22.8 Å². The molecule has 8 heteroatoms. The lowest BCUT2D eigenvalue weighted by molar-refractivity contribution is -0.221. The molecule has 0 N–H and O–H groups in total. The third kappa shape index (κ3) is 6.70. The number of ketones is 1. The van der Waals surface area contributed by atoms with Gasteiger partial charge in [0.2, 0.25) is 0 Å². The molecule has 0 unspecified atom stereocenters. The fourth-order valence-electron chi connectivity index (χ4n) is 4.39. The first-order valence-corrected chi connectivity index (χ1v) is 14.2. The Labute approximate surface area is 209 Å². The average Bonchev–Trinajstić information content (AvgIpc) is 3.64. The summed E-state index contributed by atoms with van der Waals surface area (Å²) in [5.74, 6) is 1.19. The van der Waals surface area contributed by atoms with Crippen LogP contribution in [-0.2, 0) is 14.9 Å². The average molecular weight is 501 g/mol. The highest BCUT2D eigenvalue weighted by molar-refractivity contribution is 7.89. The minimum Gasteiger partial charge on any atom is -0.494 e. The van der Waals surface area contributed by atoms with Crippen molar-refractivity contribution in [3.63, 3.8) is 0 Å². The zero-order valence-electron chi connectivity index (χ0n) is 20.5. The largest absolute Gasteiger partial charge is 0.494 e. The molecule has 2 aromatic rings. The van der Waals surface area contributed by atoms with Gasteiger partial charge in [-0.15, -0.1) is 0 Å². The first-order chi connectivity index (χ1) is 17.0. The number of carbonyl (C=O) groups is 1. The molecule has 1 saturated carbocycles. The molecule has 1 atom stereocenters. The summed E-state index contributed by atoms with van der Waals surface area (Å²) in [5, 5.41) is 1.87. The van der Waals surface area contributed by atoms with Crippen LogP contribution in [0.4, 0.5) is 0 Å². The number of unbranched alkanes of at least 4 members (excludes halogenated alkanes) is 1. The van der Waals surface area contributed by atoms with Crippen LogP contribution in [0, 0.1) is 5.92 Å². The fraction of sp³-hybridized carbons (Fsp3) is 0.519. The van der Waals surface area contributed by atoms with Crippen LogP contribution in [-0.4, -0.2) is 49.6 Å². The Balaban J connectivity index is 1.33. The van der Waals surface area contributed by atoms with Crippen molar-refractivity contribution in [3.8, 4) is 5.75 Å². The van der Waals surface area contributed by atoms with Gasteiger partial charge in [0.25, 0.3) is 10.0 Å². The van der Waals surface area contributed by atoms with Gasteiger partial charge in [0.05, 0.1) is 18.1 Å². The van der Waals surface area contributed by atoms with Crippen molar-refractivity contribution in [2.75, 3.05) is 19.8 Å². The van der Waals surface area contributed by atoms with Crippen molar-refractivity contribution in [2.45, 2.75) is 69.2 Å². The van der Waals surface area contributed by atoms with Crippen LogP contribution in [0.2, 0.25) is 0 Å². The second-order valence-electron chi connectivity index (χ2n) is 9.33. The number of carbonyl (C=O) groups excluding carboxylic acids is 1. The summed E-state index contributed by atoms with van der Waals surface area (Å²) in [6, 6.07) is 15.9. The van der Waals surface area contributed by atoms with Gasteiger partial charge in [-0.2, -0.15) is 0 Å². The first kappa shape index (κ1) is 25.8. The second-order valence-corrected chi connectivity index (χ2v) is 11.1. The molecule has 2 fully saturated rings. The summed E-state index contributed by atoms with van der Waals surface area (Å²) in [7, 11) is -3.81. The van der Waals surface area contributed by atoms with Gasteiger partial charge in [-0.05, 0) is 85.9 Å². The van der Waals surface area contributed by atoms with Gasteiger partial charge in [-0.1, -0.05) is 31.5 Å². The smallest absolute Gasteiger partial charge is 0.279 e. The molecule has 1 saturated heterocycles. The van der Waals surface area contributed by atoms with E-state index in [2.05, 4.69) is 6.92 Å². The Hall–Kier alpha value is -2.26. The lowest BCUT2D eigenvalue weighted by Gasteiger charge is -2.34. The number of hydrazine groups is 1. The van der Waals surface area contributed by atoms with Gasteiger partial charge in [0.15, 0.2) is 5.78 Å². The second kappa shape index (κ2) is 12.1. The van der Waals surface area contributed by atoms with Crippen LogP contribution in [0.5, 0.6) is 5.75 Å². The Morgan fingerprint density at radius 3 is 2.43 bits per heavy atom. The maximum Gasteiger partial charge on any atom is 0.279 e. The van der Waals surface area contributed by atoms with Crippen molar-refractivity contribution in [3.05, 3.63) is 60.2 Å². The van der Waals surface area contributed by atoms with Crippen molar-refractivity contribution in [1.82, 2.24) is 9.59 Å². The van der Waals surface area contributed by atoms with E-state index in [0.717, 1.165) is 67.3 Å². The Morgan fingerprint density at radius 1 is 1.00 bits per heavy atom. The number of rotatable bonds is 14. The highest BCUT2D eigenvalue weighted by Crippen LogP contribution is 2.33. The van der Waals surface area contributed by atoms with Crippen molar-refractivity contribution in [1.29, 1.82) is 0 Å². The molecule has 0 radical (unpaired) electrons. The number of Topliss-reactive ketones (excluding diaryl/α,β-unsaturated/α-hetero) is 1. The zero-order valence-corrected chi connectivity index (χ0v) is 21.3. The maximum absolute atomic E-state index is 13.4. The third-order valence-corrected chi connectivity index (χ3v) is 8.13. The highest BCUT2D eigenvalue weighted by Gasteiger charge is 2.38. The zero-order chi connectivity index (χ0) is 24.7. The molecular formula is C27H36N2O5S. The van der Waals surface area contributed by atoms with E-state index in [4.69, 9.17) is 9.57 Å². The first-order valence-electron chi connectivity index (χ1n) is 12.8. The number of sulfonamides is 1. The van der Waals surface area contributed by atoms with Gasteiger partial charge in [0.1, 0.15) is 5.75 Å². The number of hydrogen-bond acceptors (Lipinski definition) is 6. The normalized spacial score (nSPS) is 18.7. The van der Waals surface area contributed by atoms with Crippen LogP contribution in [0.15, 0.2) is 59.5 Å². The maximum atomic E-state index is 13.4. The fourth-order valence-corrected chi connectivity index (χ4v) is 5.77. The predicted octanol–water partition coefficient (Wildman–Crippen LogP) is 5.24. The molecule has 0 spiro atoms. The van der Waals surface area contributed by atoms with Crippen molar-refractivity contribution in [2.24, 2.45) is 5.92 Å². The molecule has 2 aliphatic rings. The quantitative estimate of drug-likeness (QED) is 0.201. The van der Waals surface area contributed by atoms with Gasteiger partial charge in [-0.3, -0.25) is 9.63 Å². The van der Waals surface area contributed by atoms with E-state index in [1.165, 1.54) is 0 Å². The van der Waals surface area contributed by atoms with E-state index in [-0.39, 0.29) is 22.6 Å². The Morgan fingerprint density at radius 2 is 1.74 bits per heavy atom.